The highest BCUT2D eigenvalue weighted by Crippen LogP contribution is 2.22. The summed E-state index contributed by atoms with van der Waals surface area (Å²) in [6.45, 7) is 5.78. The third kappa shape index (κ3) is 4.19. The molecule has 0 spiro atoms. The summed E-state index contributed by atoms with van der Waals surface area (Å²) in [4.78, 5) is 4.36. The van der Waals surface area contributed by atoms with Crippen LogP contribution in [0.2, 0.25) is 0 Å². The maximum atomic E-state index is 5.76. The molecule has 1 aromatic carbocycles. The van der Waals surface area contributed by atoms with E-state index in [1.165, 1.54) is 0 Å². The minimum absolute atomic E-state index is 0.627. The van der Waals surface area contributed by atoms with Crippen LogP contribution in [0.5, 0.6) is 5.75 Å². The first-order chi connectivity index (χ1) is 9.42. The van der Waals surface area contributed by atoms with Crippen LogP contribution in [-0.4, -0.2) is 37.9 Å². The predicted octanol–water partition coefficient (Wildman–Crippen LogP) is 2.24. The van der Waals surface area contributed by atoms with Crippen LogP contribution in [0.15, 0.2) is 36.5 Å². The Balaban J connectivity index is 1.78. The van der Waals surface area contributed by atoms with Crippen LogP contribution in [-0.2, 0) is 4.74 Å². The van der Waals surface area contributed by atoms with E-state index in [1.54, 1.807) is 6.20 Å². The quantitative estimate of drug-likeness (QED) is 0.739. The first-order valence-electron chi connectivity index (χ1n) is 6.67. The van der Waals surface area contributed by atoms with Crippen molar-refractivity contribution >= 4 is 10.9 Å². The molecule has 2 aromatic rings. The van der Waals surface area contributed by atoms with E-state index in [2.05, 4.69) is 10.3 Å². The number of nitrogens with zero attached hydrogens (tertiary/aromatic N) is 1. The van der Waals surface area contributed by atoms with Crippen LogP contribution in [0.4, 0.5) is 0 Å². The molecule has 0 bridgehead atoms. The highest BCUT2D eigenvalue weighted by Gasteiger charge is 2.01. The molecule has 0 aliphatic carbocycles. The van der Waals surface area contributed by atoms with Crippen LogP contribution >= 0.6 is 0 Å². The molecule has 1 aromatic heterocycles. The van der Waals surface area contributed by atoms with Gasteiger partial charge in [-0.2, -0.15) is 0 Å². The first-order valence-corrected chi connectivity index (χ1v) is 6.67. The van der Waals surface area contributed by atoms with Gasteiger partial charge in [-0.1, -0.05) is 18.2 Å². The van der Waals surface area contributed by atoms with Crippen molar-refractivity contribution in [3.8, 4) is 5.75 Å². The number of rotatable bonds is 8. The zero-order valence-corrected chi connectivity index (χ0v) is 11.3. The number of benzene rings is 1. The Bertz CT molecular complexity index is 497. The van der Waals surface area contributed by atoms with Crippen LogP contribution in [0, 0.1) is 0 Å². The number of hydrogen-bond acceptors (Lipinski definition) is 4. The number of para-hydroxylation sites is 1. The normalized spacial score (nSPS) is 10.8. The van der Waals surface area contributed by atoms with Crippen molar-refractivity contribution in [3.63, 3.8) is 0 Å². The molecule has 19 heavy (non-hydrogen) atoms. The average molecular weight is 260 g/mol. The summed E-state index contributed by atoms with van der Waals surface area (Å²) >= 11 is 0. The molecule has 4 nitrogen and oxygen atoms in total. The number of hydrogen-bond donors (Lipinski definition) is 1. The largest absolute Gasteiger partial charge is 0.490 e. The van der Waals surface area contributed by atoms with Gasteiger partial charge in [-0.15, -0.1) is 0 Å². The molecular weight excluding hydrogens is 240 g/mol. The van der Waals surface area contributed by atoms with Crippen LogP contribution < -0.4 is 10.1 Å². The third-order valence-corrected chi connectivity index (χ3v) is 2.76. The molecule has 102 valence electrons. The molecule has 0 amide bonds. The van der Waals surface area contributed by atoms with E-state index < -0.39 is 0 Å². The molecule has 0 unspecified atom stereocenters. The fourth-order valence-corrected chi connectivity index (χ4v) is 1.84. The second kappa shape index (κ2) is 7.71. The molecule has 0 saturated carbocycles. The van der Waals surface area contributed by atoms with Crippen LogP contribution in [0.1, 0.15) is 6.92 Å². The molecule has 1 heterocycles. The molecule has 0 radical (unpaired) electrons. The summed E-state index contributed by atoms with van der Waals surface area (Å²) in [7, 11) is 0. The minimum Gasteiger partial charge on any atom is -0.490 e. The molecule has 0 aliphatic rings. The maximum Gasteiger partial charge on any atom is 0.145 e. The van der Waals surface area contributed by atoms with Gasteiger partial charge in [0.2, 0.25) is 0 Å². The maximum absolute atomic E-state index is 5.76. The number of nitrogens with one attached hydrogen (secondary N) is 1. The van der Waals surface area contributed by atoms with Crippen LogP contribution in [0.3, 0.4) is 0 Å². The van der Waals surface area contributed by atoms with E-state index in [1.807, 2.05) is 37.3 Å². The summed E-state index contributed by atoms with van der Waals surface area (Å²) in [5, 5.41) is 4.37. The highest BCUT2D eigenvalue weighted by molar-refractivity contribution is 5.84. The van der Waals surface area contributed by atoms with Crippen molar-refractivity contribution in [2.45, 2.75) is 6.92 Å². The lowest BCUT2D eigenvalue weighted by Crippen LogP contribution is -2.25. The van der Waals surface area contributed by atoms with Gasteiger partial charge < -0.3 is 14.8 Å². The lowest BCUT2D eigenvalue weighted by molar-refractivity contribution is 0.148. The van der Waals surface area contributed by atoms with Gasteiger partial charge >= 0.3 is 0 Å². The van der Waals surface area contributed by atoms with Gasteiger partial charge in [0.15, 0.2) is 0 Å². The van der Waals surface area contributed by atoms with E-state index in [4.69, 9.17) is 9.47 Å². The zero-order chi connectivity index (χ0) is 13.3. The molecule has 1 N–H and O–H groups in total. The van der Waals surface area contributed by atoms with Gasteiger partial charge in [0, 0.05) is 31.3 Å². The number of ether oxygens (including phenoxy) is 2. The fourth-order valence-electron chi connectivity index (χ4n) is 1.84. The monoisotopic (exact) mass is 260 g/mol. The Kier molecular flexibility index (Phi) is 5.59. The summed E-state index contributed by atoms with van der Waals surface area (Å²) in [6, 6.07) is 9.95. The SMILES string of the molecule is CCOCCNCCOc1cccc2cccnc12. The van der Waals surface area contributed by atoms with Gasteiger partial charge in [-0.3, -0.25) is 4.98 Å². The smallest absolute Gasteiger partial charge is 0.145 e. The topological polar surface area (TPSA) is 43.4 Å². The van der Waals surface area contributed by atoms with E-state index in [0.29, 0.717) is 6.61 Å². The van der Waals surface area contributed by atoms with E-state index in [-0.39, 0.29) is 0 Å². The lowest BCUT2D eigenvalue weighted by atomic mass is 10.2. The molecule has 0 aliphatic heterocycles. The van der Waals surface area contributed by atoms with Crippen molar-refractivity contribution in [3.05, 3.63) is 36.5 Å². The molecule has 2 rings (SSSR count). The standard InChI is InChI=1S/C15H20N2O2/c1-2-18-11-9-16-10-12-19-14-7-3-5-13-6-4-8-17-15(13)14/h3-8,16H,2,9-12H2,1H3. The van der Waals surface area contributed by atoms with Gasteiger partial charge in [-0.05, 0) is 19.1 Å². The second-order valence-corrected chi connectivity index (χ2v) is 4.13. The predicted molar refractivity (Wildman–Crippen MR) is 76.6 cm³/mol. The summed E-state index contributed by atoms with van der Waals surface area (Å²) in [5.74, 6) is 0.838. The Morgan fingerprint density at radius 3 is 2.84 bits per heavy atom. The zero-order valence-electron chi connectivity index (χ0n) is 11.3. The first kappa shape index (κ1) is 13.8. The molecule has 0 saturated heterocycles. The van der Waals surface area contributed by atoms with E-state index in [9.17, 15) is 0 Å². The minimum atomic E-state index is 0.627. The van der Waals surface area contributed by atoms with Gasteiger partial charge in [0.1, 0.15) is 17.9 Å². The van der Waals surface area contributed by atoms with Crippen molar-refractivity contribution in [2.24, 2.45) is 0 Å². The molecule has 0 fully saturated rings. The van der Waals surface area contributed by atoms with Gasteiger partial charge in [-0.25, -0.2) is 0 Å². The second-order valence-electron chi connectivity index (χ2n) is 4.13. The lowest BCUT2D eigenvalue weighted by Gasteiger charge is -2.09. The number of pyridine rings is 1. The van der Waals surface area contributed by atoms with Crippen molar-refractivity contribution in [1.29, 1.82) is 0 Å². The Morgan fingerprint density at radius 2 is 1.95 bits per heavy atom. The van der Waals surface area contributed by atoms with Crippen molar-refractivity contribution in [1.82, 2.24) is 10.3 Å². The Morgan fingerprint density at radius 1 is 1.11 bits per heavy atom. The Hall–Kier alpha value is -1.65. The average Bonchev–Trinajstić information content (AvgIpc) is 2.46. The summed E-state index contributed by atoms with van der Waals surface area (Å²) in [6.07, 6.45) is 1.79. The molecular formula is C15H20N2O2. The third-order valence-electron chi connectivity index (χ3n) is 2.76. The van der Waals surface area contributed by atoms with Crippen LogP contribution in [0.25, 0.3) is 10.9 Å². The highest BCUT2D eigenvalue weighted by atomic mass is 16.5. The van der Waals surface area contributed by atoms with Crippen molar-refractivity contribution in [2.75, 3.05) is 32.9 Å². The fraction of sp³-hybridized carbons (Fsp3) is 0.400. The van der Waals surface area contributed by atoms with E-state index in [0.717, 1.165) is 43.0 Å². The molecule has 4 heteroatoms. The Labute approximate surface area is 113 Å². The van der Waals surface area contributed by atoms with Gasteiger partial charge in [0.05, 0.1) is 6.61 Å². The van der Waals surface area contributed by atoms with E-state index >= 15 is 0 Å². The number of fused-ring (bicyclic) bond motifs is 1. The van der Waals surface area contributed by atoms with Crippen molar-refractivity contribution < 1.29 is 9.47 Å². The number of aromatic nitrogens is 1. The summed E-state index contributed by atoms with van der Waals surface area (Å²) in [5.41, 5.74) is 0.916. The molecule has 0 atom stereocenters. The summed E-state index contributed by atoms with van der Waals surface area (Å²) < 4.78 is 11.0. The van der Waals surface area contributed by atoms with Gasteiger partial charge in [0.25, 0.3) is 0 Å².